The van der Waals surface area contributed by atoms with Crippen LogP contribution in [0, 0.1) is 5.82 Å². The molecule has 1 aromatic heterocycles. The molecule has 0 aliphatic carbocycles. The van der Waals surface area contributed by atoms with E-state index in [0.29, 0.717) is 34.7 Å². The fourth-order valence-electron chi connectivity index (χ4n) is 1.77. The summed E-state index contributed by atoms with van der Waals surface area (Å²) in [6.07, 6.45) is 2.20. The predicted molar refractivity (Wildman–Crippen MR) is 78.0 cm³/mol. The maximum Gasteiger partial charge on any atom is 0.196 e. The third-order valence-corrected chi connectivity index (χ3v) is 3.42. The number of hydrogen-bond donors (Lipinski definition) is 1. The molecular weight excluding hydrogens is 327 g/mol. The lowest BCUT2D eigenvalue weighted by Crippen LogP contribution is -2.21. The quantitative estimate of drug-likeness (QED) is 0.785. The van der Waals surface area contributed by atoms with E-state index in [1.807, 2.05) is 0 Å². The standard InChI is InChI=1S/C14H16BrFN2O2/c1-19-8-7-17-6-5-13-18-9-12(20-13)14-10(15)3-2-4-11(14)16/h2-4,9,17H,5-8H2,1H3. The summed E-state index contributed by atoms with van der Waals surface area (Å²) in [5, 5.41) is 3.20. The first-order chi connectivity index (χ1) is 9.72. The normalized spacial score (nSPS) is 10.9. The Balaban J connectivity index is 1.98. The molecule has 0 bridgehead atoms. The molecule has 2 rings (SSSR count). The topological polar surface area (TPSA) is 47.3 Å². The van der Waals surface area contributed by atoms with E-state index in [1.54, 1.807) is 25.4 Å². The molecule has 0 atom stereocenters. The molecule has 6 heteroatoms. The van der Waals surface area contributed by atoms with Gasteiger partial charge in [-0.15, -0.1) is 0 Å². The minimum Gasteiger partial charge on any atom is -0.441 e. The average Bonchev–Trinajstić information content (AvgIpc) is 2.87. The lowest BCUT2D eigenvalue weighted by atomic mass is 10.2. The first kappa shape index (κ1) is 15.2. The molecule has 0 unspecified atom stereocenters. The molecule has 4 nitrogen and oxygen atoms in total. The molecule has 108 valence electrons. The summed E-state index contributed by atoms with van der Waals surface area (Å²) >= 11 is 3.32. The summed E-state index contributed by atoms with van der Waals surface area (Å²) in [5.41, 5.74) is 0.401. The summed E-state index contributed by atoms with van der Waals surface area (Å²) < 4.78 is 25.0. The molecule has 0 aliphatic rings. The monoisotopic (exact) mass is 342 g/mol. The molecule has 1 aromatic carbocycles. The first-order valence-corrected chi connectivity index (χ1v) is 7.10. The van der Waals surface area contributed by atoms with Crippen LogP contribution in [0.5, 0.6) is 0 Å². The van der Waals surface area contributed by atoms with Crippen LogP contribution in [0.2, 0.25) is 0 Å². The molecule has 20 heavy (non-hydrogen) atoms. The second-order valence-corrected chi connectivity index (χ2v) is 5.06. The zero-order chi connectivity index (χ0) is 14.4. The van der Waals surface area contributed by atoms with Gasteiger partial charge in [-0.2, -0.15) is 0 Å². The highest BCUT2D eigenvalue weighted by Crippen LogP contribution is 2.31. The van der Waals surface area contributed by atoms with E-state index in [-0.39, 0.29) is 5.82 Å². The van der Waals surface area contributed by atoms with Gasteiger partial charge in [-0.1, -0.05) is 6.07 Å². The van der Waals surface area contributed by atoms with Crippen LogP contribution in [-0.2, 0) is 11.2 Å². The van der Waals surface area contributed by atoms with Crippen molar-refractivity contribution in [1.82, 2.24) is 10.3 Å². The smallest absolute Gasteiger partial charge is 0.196 e. The Hall–Kier alpha value is -1.24. The highest BCUT2D eigenvalue weighted by atomic mass is 79.9. The first-order valence-electron chi connectivity index (χ1n) is 6.31. The Kier molecular flexibility index (Phi) is 5.70. The number of nitrogens with zero attached hydrogens (tertiary/aromatic N) is 1. The minimum absolute atomic E-state index is 0.333. The molecule has 1 N–H and O–H groups in total. The van der Waals surface area contributed by atoms with Gasteiger partial charge in [0.15, 0.2) is 11.7 Å². The van der Waals surface area contributed by atoms with Crippen LogP contribution in [0.3, 0.4) is 0 Å². The molecule has 0 amide bonds. The van der Waals surface area contributed by atoms with E-state index in [0.717, 1.165) is 13.1 Å². The van der Waals surface area contributed by atoms with Gasteiger partial charge in [0.05, 0.1) is 18.4 Å². The van der Waals surface area contributed by atoms with Crippen molar-refractivity contribution in [2.75, 3.05) is 26.8 Å². The fraction of sp³-hybridized carbons (Fsp3) is 0.357. The van der Waals surface area contributed by atoms with Crippen LogP contribution in [0.4, 0.5) is 4.39 Å². The third-order valence-electron chi connectivity index (χ3n) is 2.76. The van der Waals surface area contributed by atoms with Gasteiger partial charge in [0.1, 0.15) is 5.82 Å². The van der Waals surface area contributed by atoms with Gasteiger partial charge in [-0.3, -0.25) is 0 Å². The van der Waals surface area contributed by atoms with E-state index < -0.39 is 0 Å². The van der Waals surface area contributed by atoms with Crippen LogP contribution in [0.25, 0.3) is 11.3 Å². The maximum atomic E-state index is 13.8. The molecule has 0 aliphatic heterocycles. The largest absolute Gasteiger partial charge is 0.441 e. The summed E-state index contributed by atoms with van der Waals surface area (Å²) in [5.74, 6) is 0.683. The van der Waals surface area contributed by atoms with Crippen LogP contribution in [-0.4, -0.2) is 31.8 Å². The maximum absolute atomic E-state index is 13.8. The Morgan fingerprint density at radius 1 is 1.40 bits per heavy atom. The van der Waals surface area contributed by atoms with Crippen molar-refractivity contribution >= 4 is 15.9 Å². The predicted octanol–water partition coefficient (Wildman–Crippen LogP) is 3.02. The number of oxazole rings is 1. The Bertz CT molecular complexity index is 540. The second kappa shape index (κ2) is 7.52. The van der Waals surface area contributed by atoms with Crippen LogP contribution >= 0.6 is 15.9 Å². The van der Waals surface area contributed by atoms with Crippen LogP contribution in [0.1, 0.15) is 5.89 Å². The number of halogens is 2. The summed E-state index contributed by atoms with van der Waals surface area (Å²) in [4.78, 5) is 4.17. The van der Waals surface area contributed by atoms with Gasteiger partial charge >= 0.3 is 0 Å². The molecule has 0 spiro atoms. The Morgan fingerprint density at radius 3 is 3.00 bits per heavy atom. The van der Waals surface area contributed by atoms with Gasteiger partial charge in [-0.25, -0.2) is 9.37 Å². The van der Waals surface area contributed by atoms with E-state index in [4.69, 9.17) is 9.15 Å². The van der Waals surface area contributed by atoms with Gasteiger partial charge in [0.25, 0.3) is 0 Å². The van der Waals surface area contributed by atoms with Crippen LogP contribution in [0.15, 0.2) is 33.3 Å². The van der Waals surface area contributed by atoms with Crippen molar-refractivity contribution in [2.45, 2.75) is 6.42 Å². The summed E-state index contributed by atoms with van der Waals surface area (Å²) in [7, 11) is 1.66. The van der Waals surface area contributed by atoms with Crippen molar-refractivity contribution in [3.8, 4) is 11.3 Å². The molecule has 0 saturated carbocycles. The number of aromatic nitrogens is 1. The molecule has 2 aromatic rings. The lowest BCUT2D eigenvalue weighted by Gasteiger charge is -2.02. The SMILES string of the molecule is COCCNCCc1ncc(-c2c(F)cccc2Br)o1. The summed E-state index contributed by atoms with van der Waals surface area (Å²) in [6.45, 7) is 2.18. The zero-order valence-electron chi connectivity index (χ0n) is 11.2. The van der Waals surface area contributed by atoms with E-state index in [9.17, 15) is 4.39 Å². The Morgan fingerprint density at radius 2 is 2.25 bits per heavy atom. The average molecular weight is 343 g/mol. The van der Waals surface area contributed by atoms with Gasteiger partial charge < -0.3 is 14.5 Å². The van der Waals surface area contributed by atoms with E-state index in [1.165, 1.54) is 6.07 Å². The van der Waals surface area contributed by atoms with E-state index >= 15 is 0 Å². The lowest BCUT2D eigenvalue weighted by molar-refractivity contribution is 0.199. The van der Waals surface area contributed by atoms with Gasteiger partial charge in [0, 0.05) is 31.1 Å². The third kappa shape index (κ3) is 3.88. The number of rotatable bonds is 7. The molecule has 0 radical (unpaired) electrons. The zero-order valence-corrected chi connectivity index (χ0v) is 12.7. The Labute approximate surface area is 125 Å². The second-order valence-electron chi connectivity index (χ2n) is 4.21. The molecule has 0 fully saturated rings. The fourth-order valence-corrected chi connectivity index (χ4v) is 2.31. The summed E-state index contributed by atoms with van der Waals surface area (Å²) in [6, 6.07) is 4.81. The van der Waals surface area contributed by atoms with Crippen molar-refractivity contribution < 1.29 is 13.5 Å². The highest BCUT2D eigenvalue weighted by molar-refractivity contribution is 9.10. The highest BCUT2D eigenvalue weighted by Gasteiger charge is 2.14. The van der Waals surface area contributed by atoms with Crippen molar-refractivity contribution in [1.29, 1.82) is 0 Å². The van der Waals surface area contributed by atoms with Crippen molar-refractivity contribution in [3.05, 3.63) is 40.6 Å². The van der Waals surface area contributed by atoms with E-state index in [2.05, 4.69) is 26.2 Å². The van der Waals surface area contributed by atoms with Crippen molar-refractivity contribution in [2.24, 2.45) is 0 Å². The molecular formula is C14H16BrFN2O2. The molecule has 1 heterocycles. The number of methoxy groups -OCH3 is 1. The number of nitrogens with one attached hydrogen (secondary N) is 1. The minimum atomic E-state index is -0.333. The number of benzene rings is 1. The molecule has 0 saturated heterocycles. The van der Waals surface area contributed by atoms with Gasteiger partial charge in [-0.05, 0) is 28.1 Å². The number of ether oxygens (including phenoxy) is 1. The van der Waals surface area contributed by atoms with Gasteiger partial charge in [0.2, 0.25) is 0 Å². The van der Waals surface area contributed by atoms with Crippen molar-refractivity contribution in [3.63, 3.8) is 0 Å². The number of hydrogen-bond acceptors (Lipinski definition) is 4. The van der Waals surface area contributed by atoms with Crippen LogP contribution < -0.4 is 5.32 Å².